The number of aliphatic hydroxyl groups is 1. The topological polar surface area (TPSA) is 81.2 Å². The number of aryl methyl sites for hydroxylation is 1. The van der Waals surface area contributed by atoms with Crippen LogP contribution >= 0.6 is 11.6 Å². The fraction of sp³-hybridized carbons (Fsp3) is 0.667. The maximum absolute atomic E-state index is 11.8. The summed E-state index contributed by atoms with van der Waals surface area (Å²) >= 11 is 5.93. The minimum Gasteiger partial charge on any atom is -0.390 e. The van der Waals surface area contributed by atoms with E-state index in [0.29, 0.717) is 17.3 Å². The van der Waals surface area contributed by atoms with Gasteiger partial charge in [0.05, 0.1) is 16.8 Å². The van der Waals surface area contributed by atoms with Gasteiger partial charge in [-0.2, -0.15) is 5.10 Å². The number of carbonyl (C=O) groups excluding carboxylic acids is 1. The van der Waals surface area contributed by atoms with E-state index >= 15 is 0 Å². The Morgan fingerprint density at radius 3 is 2.84 bits per heavy atom. The summed E-state index contributed by atoms with van der Waals surface area (Å²) in [4.78, 5) is 14.0. The van der Waals surface area contributed by atoms with E-state index in [1.165, 1.54) is 12.8 Å². The molecule has 1 aromatic rings. The minimum absolute atomic E-state index is 0.174. The van der Waals surface area contributed by atoms with E-state index in [9.17, 15) is 9.90 Å². The van der Waals surface area contributed by atoms with Crippen LogP contribution in [0, 0.1) is 6.92 Å². The van der Waals surface area contributed by atoms with Crippen molar-refractivity contribution in [2.45, 2.75) is 25.9 Å². The van der Waals surface area contributed by atoms with Gasteiger partial charge in [0.1, 0.15) is 0 Å². The third-order valence-electron chi connectivity index (χ3n) is 3.25. The Labute approximate surface area is 117 Å². The second kappa shape index (κ2) is 6.36. The highest BCUT2D eigenvalue weighted by molar-refractivity contribution is 6.34. The number of aromatic nitrogens is 2. The molecule has 0 spiro atoms. The molecule has 0 saturated carbocycles. The van der Waals surface area contributed by atoms with Crippen molar-refractivity contribution < 1.29 is 9.90 Å². The lowest BCUT2D eigenvalue weighted by Crippen LogP contribution is -2.39. The number of aliphatic hydroxyl groups excluding tert-OH is 1. The summed E-state index contributed by atoms with van der Waals surface area (Å²) in [7, 11) is 0. The van der Waals surface area contributed by atoms with Crippen LogP contribution in [0.5, 0.6) is 0 Å². The first-order valence-electron chi connectivity index (χ1n) is 6.47. The van der Waals surface area contributed by atoms with Gasteiger partial charge in [0.2, 0.25) is 0 Å². The maximum atomic E-state index is 11.8. The van der Waals surface area contributed by atoms with Gasteiger partial charge in [0.25, 0.3) is 5.91 Å². The van der Waals surface area contributed by atoms with Crippen molar-refractivity contribution in [2.24, 2.45) is 0 Å². The molecule has 1 amide bonds. The number of halogens is 1. The number of nitrogens with one attached hydrogen (secondary N) is 2. The summed E-state index contributed by atoms with van der Waals surface area (Å²) in [6.45, 7) is 4.59. The number of rotatable bonds is 5. The first kappa shape index (κ1) is 14.3. The van der Waals surface area contributed by atoms with Gasteiger partial charge in [-0.3, -0.25) is 9.89 Å². The fourth-order valence-corrected chi connectivity index (χ4v) is 2.36. The van der Waals surface area contributed by atoms with Crippen LogP contribution in [0.1, 0.15) is 29.0 Å². The minimum atomic E-state index is -0.569. The van der Waals surface area contributed by atoms with Crippen molar-refractivity contribution in [1.82, 2.24) is 20.4 Å². The SMILES string of the molecule is Cc1[nH]nc(C(=O)NC[C@@H](O)CN2CCCC2)c1Cl. The Hall–Kier alpha value is -1.11. The molecule has 0 bridgehead atoms. The molecule has 1 atom stereocenters. The normalized spacial score (nSPS) is 17.6. The van der Waals surface area contributed by atoms with Crippen LogP contribution in [0.2, 0.25) is 5.02 Å². The van der Waals surface area contributed by atoms with Crippen LogP contribution in [0.25, 0.3) is 0 Å². The zero-order valence-electron chi connectivity index (χ0n) is 10.9. The molecule has 0 radical (unpaired) electrons. The molecule has 1 aromatic heterocycles. The largest absolute Gasteiger partial charge is 0.390 e. The number of aromatic amines is 1. The summed E-state index contributed by atoms with van der Waals surface area (Å²) in [6.07, 6.45) is 1.79. The average Bonchev–Trinajstić information content (AvgIpc) is 2.99. The van der Waals surface area contributed by atoms with Gasteiger partial charge in [0.15, 0.2) is 5.69 Å². The molecule has 7 heteroatoms. The Kier molecular flexibility index (Phi) is 4.79. The quantitative estimate of drug-likeness (QED) is 0.739. The third-order valence-corrected chi connectivity index (χ3v) is 3.72. The molecule has 1 aliphatic rings. The van der Waals surface area contributed by atoms with Crippen molar-refractivity contribution in [1.29, 1.82) is 0 Å². The number of amides is 1. The average molecular weight is 287 g/mol. The zero-order chi connectivity index (χ0) is 13.8. The maximum Gasteiger partial charge on any atom is 0.273 e. The Morgan fingerprint density at radius 1 is 1.58 bits per heavy atom. The Balaban J connectivity index is 1.78. The predicted octanol–water partition coefficient (Wildman–Crippen LogP) is 0.558. The molecule has 3 N–H and O–H groups in total. The highest BCUT2D eigenvalue weighted by atomic mass is 35.5. The lowest BCUT2D eigenvalue weighted by molar-refractivity contribution is 0.0875. The van der Waals surface area contributed by atoms with Gasteiger partial charge in [-0.15, -0.1) is 0 Å². The number of nitrogens with zero attached hydrogens (tertiary/aromatic N) is 2. The highest BCUT2D eigenvalue weighted by Crippen LogP contribution is 2.16. The van der Waals surface area contributed by atoms with Crippen molar-refractivity contribution in [2.75, 3.05) is 26.2 Å². The van der Waals surface area contributed by atoms with Gasteiger partial charge in [-0.25, -0.2) is 0 Å². The summed E-state index contributed by atoms with van der Waals surface area (Å²) < 4.78 is 0. The molecule has 6 nitrogen and oxygen atoms in total. The molecular formula is C12H19ClN4O2. The number of carbonyl (C=O) groups is 1. The number of H-pyrrole nitrogens is 1. The third kappa shape index (κ3) is 3.68. The number of likely N-dealkylation sites (tertiary alicyclic amines) is 1. The van der Waals surface area contributed by atoms with Gasteiger partial charge in [0, 0.05) is 13.1 Å². The molecule has 2 rings (SSSR count). The molecule has 19 heavy (non-hydrogen) atoms. The van der Waals surface area contributed by atoms with Crippen LogP contribution in [0.4, 0.5) is 0 Å². The summed E-state index contributed by atoms with van der Waals surface area (Å²) in [5, 5.41) is 19.3. The molecule has 0 aromatic carbocycles. The smallest absolute Gasteiger partial charge is 0.273 e. The Bertz CT molecular complexity index is 443. The van der Waals surface area contributed by atoms with E-state index < -0.39 is 6.10 Å². The van der Waals surface area contributed by atoms with E-state index in [-0.39, 0.29) is 18.1 Å². The fourth-order valence-electron chi connectivity index (χ4n) is 2.19. The van der Waals surface area contributed by atoms with Gasteiger partial charge >= 0.3 is 0 Å². The molecule has 0 aliphatic carbocycles. The van der Waals surface area contributed by atoms with E-state index in [1.54, 1.807) is 6.92 Å². The predicted molar refractivity (Wildman–Crippen MR) is 72.3 cm³/mol. The lowest BCUT2D eigenvalue weighted by Gasteiger charge is -2.19. The molecule has 2 heterocycles. The van der Waals surface area contributed by atoms with Crippen LogP contribution < -0.4 is 5.32 Å². The summed E-state index contributed by atoms with van der Waals surface area (Å²) in [5.41, 5.74) is 0.831. The number of hydrogen-bond donors (Lipinski definition) is 3. The molecule has 1 fully saturated rings. The molecule has 1 aliphatic heterocycles. The van der Waals surface area contributed by atoms with Crippen molar-refractivity contribution in [3.63, 3.8) is 0 Å². The van der Waals surface area contributed by atoms with Crippen LogP contribution in [0.3, 0.4) is 0 Å². The van der Waals surface area contributed by atoms with Gasteiger partial charge in [-0.1, -0.05) is 11.6 Å². The summed E-state index contributed by atoms with van der Waals surface area (Å²) in [6, 6.07) is 0. The van der Waals surface area contributed by atoms with Crippen molar-refractivity contribution in [3.05, 3.63) is 16.4 Å². The zero-order valence-corrected chi connectivity index (χ0v) is 11.7. The first-order chi connectivity index (χ1) is 9.08. The Morgan fingerprint density at radius 2 is 2.26 bits per heavy atom. The van der Waals surface area contributed by atoms with E-state index in [0.717, 1.165) is 13.1 Å². The van der Waals surface area contributed by atoms with Crippen LogP contribution in [-0.2, 0) is 0 Å². The molecule has 1 saturated heterocycles. The second-order valence-corrected chi connectivity index (χ2v) is 5.26. The molecular weight excluding hydrogens is 268 g/mol. The van der Waals surface area contributed by atoms with Crippen molar-refractivity contribution >= 4 is 17.5 Å². The monoisotopic (exact) mass is 286 g/mol. The van der Waals surface area contributed by atoms with E-state index in [2.05, 4.69) is 20.4 Å². The molecule has 106 valence electrons. The number of hydrogen-bond acceptors (Lipinski definition) is 4. The van der Waals surface area contributed by atoms with Gasteiger partial charge in [-0.05, 0) is 32.9 Å². The highest BCUT2D eigenvalue weighted by Gasteiger charge is 2.19. The van der Waals surface area contributed by atoms with E-state index in [4.69, 9.17) is 11.6 Å². The summed E-state index contributed by atoms with van der Waals surface area (Å²) in [5.74, 6) is -0.366. The van der Waals surface area contributed by atoms with Gasteiger partial charge < -0.3 is 15.3 Å². The van der Waals surface area contributed by atoms with Crippen LogP contribution in [-0.4, -0.2) is 58.4 Å². The van der Waals surface area contributed by atoms with Crippen LogP contribution in [0.15, 0.2) is 0 Å². The number of β-amino-alcohol motifs (C(OH)–C–C–N with tert-alkyl or cyclic N) is 1. The standard InChI is InChI=1S/C12H19ClN4O2/c1-8-10(13)11(16-15-8)12(19)14-6-9(18)7-17-4-2-3-5-17/h9,18H,2-7H2,1H3,(H,14,19)(H,15,16)/t9-/m1/s1. The van der Waals surface area contributed by atoms with E-state index in [1.807, 2.05) is 0 Å². The molecule has 0 unspecified atom stereocenters. The lowest BCUT2D eigenvalue weighted by atomic mass is 10.3. The first-order valence-corrected chi connectivity index (χ1v) is 6.85. The van der Waals surface area contributed by atoms with Crippen molar-refractivity contribution in [3.8, 4) is 0 Å². The second-order valence-electron chi connectivity index (χ2n) is 4.88.